The first-order valence-electron chi connectivity index (χ1n) is 9.76. The fourth-order valence-electron chi connectivity index (χ4n) is 4.19. The largest absolute Gasteiger partial charge is 0.340 e. The number of carbonyl (C=O) groups is 2. The van der Waals surface area contributed by atoms with E-state index in [4.69, 9.17) is 0 Å². The molecule has 0 bridgehead atoms. The highest BCUT2D eigenvalue weighted by Gasteiger charge is 2.43. The number of hydrogen-bond acceptors (Lipinski definition) is 3. The van der Waals surface area contributed by atoms with Crippen LogP contribution in [0.5, 0.6) is 0 Å². The molecule has 1 spiro atoms. The van der Waals surface area contributed by atoms with Gasteiger partial charge in [0.2, 0.25) is 5.91 Å². The molecule has 2 aliphatic rings. The maximum atomic E-state index is 12.7. The monoisotopic (exact) mass is 361 g/mol. The van der Waals surface area contributed by atoms with E-state index in [-0.39, 0.29) is 23.4 Å². The average molecular weight is 361 g/mol. The van der Waals surface area contributed by atoms with Gasteiger partial charge in [0.15, 0.2) is 0 Å². The fraction of sp³-hybridized carbons (Fsp3) is 0.737. The van der Waals surface area contributed by atoms with E-state index in [9.17, 15) is 9.59 Å². The molecule has 0 aromatic carbocycles. The molecule has 0 unspecified atom stereocenters. The minimum absolute atomic E-state index is 0.0127. The lowest BCUT2D eigenvalue weighted by Crippen LogP contribution is -2.57. The second-order valence-corrected chi connectivity index (χ2v) is 8.00. The molecular weight excluding hydrogens is 330 g/mol. The molecule has 0 saturated carbocycles. The standard InChI is InChI=1S/C19H31N5O2/c1-4-23-12-16(11-21-23)10-20-18(26)22-9-5-7-19(13-22)8-6-17(25)24(14-19)15(2)3/h11-12,15H,4-10,13-14H2,1-3H3,(H,20,26)/t19-/m1/s1. The van der Waals surface area contributed by atoms with Crippen molar-refractivity contribution in [1.29, 1.82) is 0 Å². The van der Waals surface area contributed by atoms with Gasteiger partial charge in [-0.2, -0.15) is 5.10 Å². The molecule has 7 heteroatoms. The van der Waals surface area contributed by atoms with E-state index in [2.05, 4.69) is 24.3 Å². The summed E-state index contributed by atoms with van der Waals surface area (Å²) in [4.78, 5) is 28.8. The smallest absolute Gasteiger partial charge is 0.317 e. The summed E-state index contributed by atoms with van der Waals surface area (Å²) in [6.07, 6.45) is 7.35. The average Bonchev–Trinajstić information content (AvgIpc) is 3.10. The third kappa shape index (κ3) is 4.02. The first-order valence-corrected chi connectivity index (χ1v) is 9.76. The SMILES string of the molecule is CCn1cc(CNC(=O)N2CCC[C@@]3(CCC(=O)N(C(C)C)C3)C2)cn1. The summed E-state index contributed by atoms with van der Waals surface area (Å²) in [6, 6.07) is 0.209. The van der Waals surface area contributed by atoms with Gasteiger partial charge in [-0.15, -0.1) is 0 Å². The number of aryl methyl sites for hydroxylation is 1. The van der Waals surface area contributed by atoms with Crippen molar-refractivity contribution in [2.75, 3.05) is 19.6 Å². The third-order valence-corrected chi connectivity index (χ3v) is 5.72. The number of urea groups is 1. The van der Waals surface area contributed by atoms with Gasteiger partial charge in [0.05, 0.1) is 6.20 Å². The molecule has 2 fully saturated rings. The van der Waals surface area contributed by atoms with E-state index in [1.54, 1.807) is 6.20 Å². The lowest BCUT2D eigenvalue weighted by Gasteiger charge is -2.49. The summed E-state index contributed by atoms with van der Waals surface area (Å²) in [5.41, 5.74) is 1.07. The van der Waals surface area contributed by atoms with Crippen molar-refractivity contribution in [3.8, 4) is 0 Å². The highest BCUT2D eigenvalue weighted by Crippen LogP contribution is 2.39. The number of piperidine rings is 2. The van der Waals surface area contributed by atoms with Crippen molar-refractivity contribution in [2.45, 2.75) is 65.6 Å². The van der Waals surface area contributed by atoms with Crippen LogP contribution in [0.3, 0.4) is 0 Å². The van der Waals surface area contributed by atoms with Crippen LogP contribution in [0, 0.1) is 5.41 Å². The van der Waals surface area contributed by atoms with Crippen molar-refractivity contribution < 1.29 is 9.59 Å². The molecular formula is C19H31N5O2. The minimum Gasteiger partial charge on any atom is -0.340 e. The van der Waals surface area contributed by atoms with Crippen molar-refractivity contribution >= 4 is 11.9 Å². The van der Waals surface area contributed by atoms with Gasteiger partial charge in [-0.05, 0) is 40.0 Å². The summed E-state index contributed by atoms with van der Waals surface area (Å²) in [6.45, 7) is 9.81. The van der Waals surface area contributed by atoms with Crippen molar-refractivity contribution in [2.24, 2.45) is 5.41 Å². The number of carbonyl (C=O) groups excluding carboxylic acids is 2. The Labute approximate surface area is 155 Å². The van der Waals surface area contributed by atoms with Crippen LogP contribution < -0.4 is 5.32 Å². The molecule has 3 rings (SSSR count). The van der Waals surface area contributed by atoms with E-state index in [0.717, 1.165) is 51.0 Å². The normalized spacial score (nSPS) is 23.8. The molecule has 7 nitrogen and oxygen atoms in total. The quantitative estimate of drug-likeness (QED) is 0.894. The highest BCUT2D eigenvalue weighted by molar-refractivity contribution is 5.78. The fourth-order valence-corrected chi connectivity index (χ4v) is 4.19. The summed E-state index contributed by atoms with van der Waals surface area (Å²) in [5, 5.41) is 7.26. The van der Waals surface area contributed by atoms with Crippen LogP contribution in [0.2, 0.25) is 0 Å². The summed E-state index contributed by atoms with van der Waals surface area (Å²) in [7, 11) is 0. The maximum absolute atomic E-state index is 12.7. The minimum atomic E-state index is -0.0127. The Balaban J connectivity index is 1.58. The van der Waals surface area contributed by atoms with Gasteiger partial charge in [0, 0.05) is 62.4 Å². The van der Waals surface area contributed by atoms with Crippen LogP contribution in [0.15, 0.2) is 12.4 Å². The Morgan fingerprint density at radius 2 is 2.15 bits per heavy atom. The molecule has 144 valence electrons. The first kappa shape index (κ1) is 18.7. The molecule has 1 aromatic heterocycles. The molecule has 0 aliphatic carbocycles. The van der Waals surface area contributed by atoms with Crippen molar-refractivity contribution in [1.82, 2.24) is 24.9 Å². The van der Waals surface area contributed by atoms with Crippen molar-refractivity contribution in [3.05, 3.63) is 18.0 Å². The van der Waals surface area contributed by atoms with E-state index < -0.39 is 0 Å². The lowest BCUT2D eigenvalue weighted by molar-refractivity contribution is -0.141. The number of hydrogen-bond donors (Lipinski definition) is 1. The number of nitrogens with one attached hydrogen (secondary N) is 1. The van der Waals surface area contributed by atoms with Crippen LogP contribution in [0.4, 0.5) is 4.79 Å². The number of amides is 3. The second kappa shape index (κ2) is 7.68. The van der Waals surface area contributed by atoms with Gasteiger partial charge >= 0.3 is 6.03 Å². The predicted molar refractivity (Wildman–Crippen MR) is 99.5 cm³/mol. The first-order chi connectivity index (χ1) is 12.4. The Bertz CT molecular complexity index is 656. The maximum Gasteiger partial charge on any atom is 0.317 e. The number of aromatic nitrogens is 2. The predicted octanol–water partition coefficient (Wildman–Crippen LogP) is 2.23. The van der Waals surface area contributed by atoms with Gasteiger partial charge in [0.25, 0.3) is 0 Å². The van der Waals surface area contributed by atoms with Gasteiger partial charge in [-0.3, -0.25) is 9.48 Å². The van der Waals surface area contributed by atoms with E-state index in [0.29, 0.717) is 13.0 Å². The van der Waals surface area contributed by atoms with Crippen LogP contribution in [0.25, 0.3) is 0 Å². The number of rotatable bonds is 4. The van der Waals surface area contributed by atoms with E-state index in [1.807, 2.05) is 27.6 Å². The molecule has 26 heavy (non-hydrogen) atoms. The molecule has 0 radical (unpaired) electrons. The zero-order valence-corrected chi connectivity index (χ0v) is 16.2. The Kier molecular flexibility index (Phi) is 5.53. The Morgan fingerprint density at radius 3 is 2.85 bits per heavy atom. The van der Waals surface area contributed by atoms with Crippen LogP contribution in [-0.2, 0) is 17.9 Å². The topological polar surface area (TPSA) is 70.5 Å². The molecule has 3 amide bonds. The van der Waals surface area contributed by atoms with E-state index in [1.165, 1.54) is 0 Å². The zero-order chi connectivity index (χ0) is 18.7. The van der Waals surface area contributed by atoms with Gasteiger partial charge < -0.3 is 15.1 Å². The molecule has 1 aromatic rings. The van der Waals surface area contributed by atoms with Crippen molar-refractivity contribution in [3.63, 3.8) is 0 Å². The molecule has 1 atom stereocenters. The summed E-state index contributed by atoms with van der Waals surface area (Å²) in [5.74, 6) is 0.250. The highest BCUT2D eigenvalue weighted by atomic mass is 16.2. The Morgan fingerprint density at radius 1 is 1.35 bits per heavy atom. The third-order valence-electron chi connectivity index (χ3n) is 5.72. The van der Waals surface area contributed by atoms with Gasteiger partial charge in [0.1, 0.15) is 0 Å². The lowest BCUT2D eigenvalue weighted by atomic mass is 9.73. The summed E-state index contributed by atoms with van der Waals surface area (Å²) < 4.78 is 1.86. The summed E-state index contributed by atoms with van der Waals surface area (Å²) >= 11 is 0. The van der Waals surface area contributed by atoms with Crippen LogP contribution in [0.1, 0.15) is 52.0 Å². The van der Waals surface area contributed by atoms with Crippen LogP contribution in [-0.4, -0.2) is 57.2 Å². The molecule has 2 saturated heterocycles. The van der Waals surface area contributed by atoms with Crippen LogP contribution >= 0.6 is 0 Å². The van der Waals surface area contributed by atoms with Gasteiger partial charge in [-0.1, -0.05) is 0 Å². The number of likely N-dealkylation sites (tertiary alicyclic amines) is 2. The van der Waals surface area contributed by atoms with Gasteiger partial charge in [-0.25, -0.2) is 4.79 Å². The Hall–Kier alpha value is -2.05. The molecule has 1 N–H and O–H groups in total. The molecule has 2 aliphatic heterocycles. The second-order valence-electron chi connectivity index (χ2n) is 8.00. The van der Waals surface area contributed by atoms with E-state index >= 15 is 0 Å². The zero-order valence-electron chi connectivity index (χ0n) is 16.2. The number of nitrogens with zero attached hydrogens (tertiary/aromatic N) is 4. The molecule has 3 heterocycles.